The Labute approximate surface area is 266 Å². The number of hydrogen-bond donors (Lipinski definition) is 3. The summed E-state index contributed by atoms with van der Waals surface area (Å²) in [5.41, 5.74) is 2.01. The highest BCUT2D eigenvalue weighted by Crippen LogP contribution is 2.31. The van der Waals surface area contributed by atoms with Crippen molar-refractivity contribution in [3.05, 3.63) is 100 Å². The first-order valence-corrected chi connectivity index (χ1v) is 15.3. The summed E-state index contributed by atoms with van der Waals surface area (Å²) in [7, 11) is 0. The molecule has 2 aliphatic heterocycles. The lowest BCUT2D eigenvalue weighted by atomic mass is 9.85. The minimum Gasteiger partial charge on any atom is -0.465 e. The van der Waals surface area contributed by atoms with Crippen LogP contribution in [0.1, 0.15) is 52.7 Å². The van der Waals surface area contributed by atoms with Crippen LogP contribution in [-0.2, 0) is 27.3 Å². The van der Waals surface area contributed by atoms with Crippen molar-refractivity contribution in [1.29, 1.82) is 0 Å². The van der Waals surface area contributed by atoms with Crippen LogP contribution in [0.4, 0.5) is 10.5 Å². The first-order chi connectivity index (χ1) is 21.6. The molecule has 2 heterocycles. The molecule has 0 spiro atoms. The lowest BCUT2D eigenvalue weighted by Crippen LogP contribution is -2.65. The van der Waals surface area contributed by atoms with E-state index in [4.69, 9.17) is 11.6 Å². The van der Waals surface area contributed by atoms with E-state index in [1.165, 1.54) is 9.80 Å². The Morgan fingerprint density at radius 3 is 2.24 bits per heavy atom. The van der Waals surface area contributed by atoms with Crippen molar-refractivity contribution >= 4 is 46.9 Å². The molecule has 234 valence electrons. The topological polar surface area (TPSA) is 136 Å². The molecule has 0 saturated carbocycles. The molecule has 3 N–H and O–H groups in total. The van der Waals surface area contributed by atoms with Gasteiger partial charge in [-0.15, -0.1) is 0 Å². The smallest absolute Gasteiger partial charge is 0.407 e. The van der Waals surface area contributed by atoms with Crippen LogP contribution in [0.2, 0.25) is 5.02 Å². The van der Waals surface area contributed by atoms with Gasteiger partial charge in [0.15, 0.2) is 5.78 Å². The van der Waals surface area contributed by atoms with Gasteiger partial charge < -0.3 is 25.5 Å². The van der Waals surface area contributed by atoms with Crippen LogP contribution in [0.5, 0.6) is 0 Å². The van der Waals surface area contributed by atoms with Gasteiger partial charge in [0.25, 0.3) is 0 Å². The number of anilines is 1. The lowest BCUT2D eigenvalue weighted by Gasteiger charge is -2.43. The summed E-state index contributed by atoms with van der Waals surface area (Å²) in [6.07, 6.45) is -0.910. The number of fused-ring (bicyclic) bond motifs is 1. The number of carboxylic acid groups (broad SMARTS) is 1. The third kappa shape index (κ3) is 7.01. The zero-order valence-electron chi connectivity index (χ0n) is 24.9. The van der Waals surface area contributed by atoms with Gasteiger partial charge >= 0.3 is 6.09 Å². The third-order valence-corrected chi connectivity index (χ3v) is 9.16. The summed E-state index contributed by atoms with van der Waals surface area (Å²) >= 11 is 6.45. The number of likely N-dealkylation sites (tertiary alicyclic amines) is 1. The Hall–Kier alpha value is -4.70. The number of ketones is 1. The molecule has 3 aromatic rings. The van der Waals surface area contributed by atoms with Gasteiger partial charge in [-0.05, 0) is 42.5 Å². The number of nitrogens with zero attached hydrogens (tertiary/aromatic N) is 2. The van der Waals surface area contributed by atoms with Crippen molar-refractivity contribution in [3.63, 3.8) is 0 Å². The molecule has 11 heteroatoms. The van der Waals surface area contributed by atoms with Crippen LogP contribution in [0.25, 0.3) is 0 Å². The summed E-state index contributed by atoms with van der Waals surface area (Å²) in [5, 5.41) is 15.7. The van der Waals surface area contributed by atoms with Crippen LogP contribution < -0.4 is 10.6 Å². The number of piperidine rings is 1. The number of nitrogens with one attached hydrogen (secondary N) is 2. The Morgan fingerprint density at radius 1 is 0.889 bits per heavy atom. The molecular weight excluding hydrogens is 596 g/mol. The second kappa shape index (κ2) is 13.5. The number of Topliss-reactive ketones (excluding diaryl/α,β-unsaturated/α-hetero) is 1. The highest BCUT2D eigenvalue weighted by molar-refractivity contribution is 6.34. The average molecular weight is 631 g/mol. The van der Waals surface area contributed by atoms with Crippen LogP contribution in [0, 0.1) is 6.92 Å². The number of hydrogen-bond acceptors (Lipinski definition) is 5. The zero-order valence-corrected chi connectivity index (χ0v) is 25.7. The second-order valence-electron chi connectivity index (χ2n) is 11.5. The van der Waals surface area contributed by atoms with E-state index >= 15 is 0 Å². The first-order valence-electron chi connectivity index (χ1n) is 14.9. The first kappa shape index (κ1) is 31.7. The van der Waals surface area contributed by atoms with Gasteiger partial charge in [-0.2, -0.15) is 0 Å². The fourth-order valence-corrected chi connectivity index (χ4v) is 6.12. The van der Waals surface area contributed by atoms with E-state index in [1.807, 2.05) is 30.3 Å². The molecule has 1 saturated heterocycles. The highest BCUT2D eigenvalue weighted by atomic mass is 35.5. The SMILES string of the molecule is Cc1cccc(NC(=O)C2(NC(=O)[C@@H]3Cc4ccccc4CN3C(=O)CCC(=O)c3ccccc3)CCN(C(=O)O)CC2)c1Cl. The molecule has 0 radical (unpaired) electrons. The summed E-state index contributed by atoms with van der Waals surface area (Å²) < 4.78 is 0. The zero-order chi connectivity index (χ0) is 32.1. The minimum atomic E-state index is -1.45. The molecule has 0 unspecified atom stereocenters. The van der Waals surface area contributed by atoms with Crippen molar-refractivity contribution < 1.29 is 29.1 Å². The van der Waals surface area contributed by atoms with Crippen molar-refractivity contribution in [2.24, 2.45) is 0 Å². The van der Waals surface area contributed by atoms with Crippen molar-refractivity contribution in [2.75, 3.05) is 18.4 Å². The Balaban J connectivity index is 1.39. The molecule has 3 aromatic carbocycles. The molecule has 0 bridgehead atoms. The predicted molar refractivity (Wildman–Crippen MR) is 169 cm³/mol. The van der Waals surface area contributed by atoms with Crippen LogP contribution in [0.3, 0.4) is 0 Å². The molecule has 2 aliphatic rings. The summed E-state index contributed by atoms with van der Waals surface area (Å²) in [5.74, 6) is -1.56. The molecule has 10 nitrogen and oxygen atoms in total. The number of rotatable bonds is 8. The molecule has 0 aliphatic carbocycles. The number of amides is 4. The Morgan fingerprint density at radius 2 is 1.56 bits per heavy atom. The average Bonchev–Trinajstić information content (AvgIpc) is 3.05. The monoisotopic (exact) mass is 630 g/mol. The molecular formula is C34H35ClN4O6. The van der Waals surface area contributed by atoms with Crippen LogP contribution in [0.15, 0.2) is 72.8 Å². The molecule has 45 heavy (non-hydrogen) atoms. The summed E-state index contributed by atoms with van der Waals surface area (Å²) in [6, 6.07) is 20.5. The fourth-order valence-electron chi connectivity index (χ4n) is 5.95. The van der Waals surface area contributed by atoms with E-state index in [-0.39, 0.29) is 63.4 Å². The fraction of sp³-hybridized carbons (Fsp3) is 0.324. The Bertz CT molecular complexity index is 1620. The van der Waals surface area contributed by atoms with Crippen LogP contribution >= 0.6 is 11.6 Å². The van der Waals surface area contributed by atoms with Gasteiger partial charge in [0, 0.05) is 44.5 Å². The van der Waals surface area contributed by atoms with Gasteiger partial charge in [-0.25, -0.2) is 4.79 Å². The molecule has 0 aromatic heterocycles. The molecule has 4 amide bonds. The lowest BCUT2D eigenvalue weighted by molar-refractivity contribution is -0.144. The highest BCUT2D eigenvalue weighted by Gasteiger charge is 2.46. The number of benzene rings is 3. The predicted octanol–water partition coefficient (Wildman–Crippen LogP) is 4.83. The largest absolute Gasteiger partial charge is 0.465 e. The van der Waals surface area contributed by atoms with E-state index in [2.05, 4.69) is 10.6 Å². The Kier molecular flexibility index (Phi) is 9.53. The molecule has 1 atom stereocenters. The number of halogens is 1. The van der Waals surface area contributed by atoms with Gasteiger partial charge in [0.1, 0.15) is 11.6 Å². The quantitative estimate of drug-likeness (QED) is 0.305. The molecule has 5 rings (SSSR count). The van der Waals surface area contributed by atoms with Crippen molar-refractivity contribution in [1.82, 2.24) is 15.1 Å². The van der Waals surface area contributed by atoms with Crippen LogP contribution in [-0.4, -0.2) is 69.2 Å². The molecule has 1 fully saturated rings. The van der Waals surface area contributed by atoms with E-state index in [9.17, 15) is 29.1 Å². The van der Waals surface area contributed by atoms with Crippen molar-refractivity contribution in [2.45, 2.75) is 57.2 Å². The summed E-state index contributed by atoms with van der Waals surface area (Å²) in [4.78, 5) is 68.8. The van der Waals surface area contributed by atoms with Gasteiger partial charge in [0.2, 0.25) is 17.7 Å². The maximum absolute atomic E-state index is 14.1. The van der Waals surface area contributed by atoms with Gasteiger partial charge in [-0.3, -0.25) is 19.2 Å². The van der Waals surface area contributed by atoms with Crippen molar-refractivity contribution in [3.8, 4) is 0 Å². The number of carbonyl (C=O) groups is 5. The number of carbonyl (C=O) groups excluding carboxylic acids is 4. The van der Waals surface area contributed by atoms with Gasteiger partial charge in [-0.1, -0.05) is 78.3 Å². The maximum Gasteiger partial charge on any atom is 0.407 e. The summed E-state index contributed by atoms with van der Waals surface area (Å²) in [6.45, 7) is 2.04. The number of aryl methyl sites for hydroxylation is 1. The normalized spacial score (nSPS) is 17.2. The van der Waals surface area contributed by atoms with E-state index in [0.29, 0.717) is 16.3 Å². The second-order valence-corrected chi connectivity index (χ2v) is 11.9. The minimum absolute atomic E-state index is 0.00997. The standard InChI is InChI=1S/C34H35ClN4O6/c1-22-8-7-13-26(30(22)35)36-32(43)34(16-18-38(19-17-34)33(44)45)37-31(42)27-20-24-11-5-6-12-25(24)21-39(27)29(41)15-14-28(40)23-9-3-2-4-10-23/h2-13,27H,14-21H2,1H3,(H,36,43)(H,37,42)(H,44,45)/t27-/m0/s1. The van der Waals surface area contributed by atoms with E-state index in [1.54, 1.807) is 49.4 Å². The van der Waals surface area contributed by atoms with Gasteiger partial charge in [0.05, 0.1) is 10.7 Å². The third-order valence-electron chi connectivity index (χ3n) is 8.66. The van der Waals surface area contributed by atoms with E-state index < -0.39 is 29.5 Å². The van der Waals surface area contributed by atoms with E-state index in [0.717, 1.165) is 16.7 Å². The maximum atomic E-state index is 14.1.